The second-order valence-electron chi connectivity index (χ2n) is 14.3. The zero-order chi connectivity index (χ0) is 33.8. The summed E-state index contributed by atoms with van der Waals surface area (Å²) in [6.07, 6.45) is 7.13. The minimum atomic E-state index is -0.805. The van der Waals surface area contributed by atoms with E-state index in [9.17, 15) is 5.11 Å². The summed E-state index contributed by atoms with van der Waals surface area (Å²) in [6.45, 7) is 4.24. The lowest BCUT2D eigenvalue weighted by atomic mass is 9.92. The Hall–Kier alpha value is -3.64. The molecule has 4 bridgehead atoms. The van der Waals surface area contributed by atoms with Crippen molar-refractivity contribution in [2.24, 2.45) is 0 Å². The molecule has 4 fully saturated rings. The van der Waals surface area contributed by atoms with Crippen LogP contribution in [0.4, 0.5) is 14.6 Å². The number of anilines is 1. The largest absolute Gasteiger partial charge is 0.508 e. The van der Waals surface area contributed by atoms with Crippen LogP contribution in [-0.2, 0) is 15.9 Å². The van der Waals surface area contributed by atoms with Gasteiger partial charge in [-0.3, -0.25) is 4.90 Å². The van der Waals surface area contributed by atoms with Crippen molar-refractivity contribution in [3.8, 4) is 22.9 Å². The van der Waals surface area contributed by atoms with Crippen molar-refractivity contribution in [1.29, 1.82) is 0 Å². The molecule has 5 atom stereocenters. The molecule has 5 heterocycles. The third kappa shape index (κ3) is 5.98. The predicted molar refractivity (Wildman–Crippen MR) is 185 cm³/mol. The molecule has 4 saturated heterocycles. The number of piperazine rings is 1. The smallest absolute Gasteiger partial charge is 0.319 e. The van der Waals surface area contributed by atoms with Crippen LogP contribution in [0.2, 0.25) is 0 Å². The lowest BCUT2D eigenvalue weighted by Crippen LogP contribution is -2.51. The van der Waals surface area contributed by atoms with E-state index in [1.807, 2.05) is 25.1 Å². The lowest BCUT2D eigenvalue weighted by molar-refractivity contribution is -0.0299. The number of nitrogens with one attached hydrogen (secondary N) is 1. The number of aromatic nitrogens is 2. The Balaban J connectivity index is 1.18. The maximum absolute atomic E-state index is 17.0. The maximum atomic E-state index is 17.0. The van der Waals surface area contributed by atoms with Gasteiger partial charge in [0.15, 0.2) is 5.82 Å². The van der Waals surface area contributed by atoms with Crippen molar-refractivity contribution in [1.82, 2.24) is 20.2 Å². The molecule has 3 aromatic carbocycles. The highest BCUT2D eigenvalue weighted by Gasteiger charge is 2.42. The number of phenols is 1. The fourth-order valence-corrected chi connectivity index (χ4v) is 8.98. The summed E-state index contributed by atoms with van der Waals surface area (Å²) >= 11 is 0. The second-order valence-corrected chi connectivity index (χ2v) is 14.3. The average molecular weight is 674 g/mol. The summed E-state index contributed by atoms with van der Waals surface area (Å²) in [5.41, 5.74) is 0.982. The zero-order valence-electron chi connectivity index (χ0n) is 28.4. The van der Waals surface area contributed by atoms with E-state index in [-0.39, 0.29) is 47.6 Å². The molecule has 4 aromatic rings. The van der Waals surface area contributed by atoms with Crippen molar-refractivity contribution in [3.63, 3.8) is 0 Å². The van der Waals surface area contributed by atoms with Crippen molar-refractivity contribution in [3.05, 3.63) is 53.6 Å². The van der Waals surface area contributed by atoms with E-state index in [1.165, 1.54) is 12.1 Å². The third-order valence-electron chi connectivity index (χ3n) is 11.4. The topological polar surface area (TPSA) is 92.2 Å². The van der Waals surface area contributed by atoms with E-state index >= 15 is 8.78 Å². The van der Waals surface area contributed by atoms with E-state index in [0.29, 0.717) is 71.8 Å². The SMILES string of the molecule is CCc1cccc2cc(O)cc(-c3c(F)cc4c(N5CC6CCC(C5)N6)nc(OCC(CN5C6CCC5CC(OC)C6)OC)nc4c3F)c12. The van der Waals surface area contributed by atoms with Crippen molar-refractivity contribution < 1.29 is 28.1 Å². The van der Waals surface area contributed by atoms with E-state index in [1.54, 1.807) is 20.3 Å². The minimum Gasteiger partial charge on any atom is -0.508 e. The first kappa shape index (κ1) is 32.6. The number of halogens is 2. The number of benzene rings is 3. The van der Waals surface area contributed by atoms with Gasteiger partial charge in [-0.1, -0.05) is 25.1 Å². The van der Waals surface area contributed by atoms with Crippen molar-refractivity contribution in [2.45, 2.75) is 88.2 Å². The van der Waals surface area contributed by atoms with Crippen molar-refractivity contribution in [2.75, 3.05) is 45.4 Å². The number of rotatable bonds is 10. The molecular weight excluding hydrogens is 628 g/mol. The number of aryl methyl sites for hydroxylation is 1. The van der Waals surface area contributed by atoms with Crippen LogP contribution in [0.3, 0.4) is 0 Å². The minimum absolute atomic E-state index is 0.0126. The molecule has 0 spiro atoms. The first-order chi connectivity index (χ1) is 23.8. The number of ether oxygens (including phenoxy) is 3. The van der Waals surface area contributed by atoms with Crippen LogP contribution in [-0.4, -0.2) is 96.8 Å². The molecule has 260 valence electrons. The Kier molecular flexibility index (Phi) is 8.80. The molecular formula is C38H45F2N5O4. The number of nitrogens with zero attached hydrogens (tertiary/aromatic N) is 4. The number of methoxy groups -OCH3 is 2. The van der Waals surface area contributed by atoms with Gasteiger partial charge in [0.2, 0.25) is 0 Å². The maximum Gasteiger partial charge on any atom is 0.319 e. The molecule has 0 amide bonds. The third-order valence-corrected chi connectivity index (χ3v) is 11.4. The molecule has 4 aliphatic rings. The first-order valence-electron chi connectivity index (χ1n) is 17.7. The van der Waals surface area contributed by atoms with Gasteiger partial charge in [0.05, 0.1) is 11.7 Å². The fourth-order valence-electron chi connectivity index (χ4n) is 8.98. The molecule has 11 heteroatoms. The van der Waals surface area contributed by atoms with Gasteiger partial charge in [0.1, 0.15) is 35.6 Å². The summed E-state index contributed by atoms with van der Waals surface area (Å²) in [4.78, 5) is 14.1. The number of phenolic OH excluding ortho intramolecular Hbond substituents is 1. The molecule has 2 N–H and O–H groups in total. The quantitative estimate of drug-likeness (QED) is 0.211. The van der Waals surface area contributed by atoms with Gasteiger partial charge < -0.3 is 29.5 Å². The molecule has 1 aromatic heterocycles. The van der Waals surface area contributed by atoms with Crippen LogP contribution < -0.4 is 15.0 Å². The molecule has 8 rings (SSSR count). The van der Waals surface area contributed by atoms with E-state index in [2.05, 4.69) is 20.1 Å². The normalized spacial score (nSPS) is 25.8. The predicted octanol–water partition coefficient (Wildman–Crippen LogP) is 5.97. The van der Waals surface area contributed by atoms with Crippen LogP contribution in [0.5, 0.6) is 11.8 Å². The van der Waals surface area contributed by atoms with Gasteiger partial charge in [-0.25, -0.2) is 8.78 Å². The Morgan fingerprint density at radius 3 is 2.45 bits per heavy atom. The molecule has 0 aliphatic carbocycles. The average Bonchev–Trinajstić information content (AvgIpc) is 3.55. The van der Waals surface area contributed by atoms with E-state index < -0.39 is 11.6 Å². The zero-order valence-corrected chi connectivity index (χ0v) is 28.4. The van der Waals surface area contributed by atoms with Crippen LogP contribution in [0.25, 0.3) is 32.8 Å². The number of aromatic hydroxyl groups is 1. The van der Waals surface area contributed by atoms with Gasteiger partial charge in [-0.15, -0.1) is 0 Å². The highest BCUT2D eigenvalue weighted by Crippen LogP contribution is 2.42. The van der Waals surface area contributed by atoms with Gasteiger partial charge in [-0.2, -0.15) is 9.97 Å². The van der Waals surface area contributed by atoms with Gasteiger partial charge >= 0.3 is 6.01 Å². The Morgan fingerprint density at radius 1 is 1.00 bits per heavy atom. The number of fused-ring (bicyclic) bond motifs is 6. The molecule has 0 radical (unpaired) electrons. The lowest BCUT2D eigenvalue weighted by Gasteiger charge is -2.39. The highest BCUT2D eigenvalue weighted by molar-refractivity contribution is 6.03. The standard InChI is InChI=1S/C38H45F2N5O4/c1-4-21-6-5-7-22-12-27(46)15-30(33(21)22)34-32(39)16-31-36(35(34)40)42-38(43-37(31)44-17-23-8-9-24(18-44)41-23)49-20-29(48-3)19-45-25-10-11-26(45)14-28(13-25)47-2/h5-7,12,15-16,23-26,28-29,41,46H,4,8-11,13-14,17-20H2,1-3H3. The van der Waals surface area contributed by atoms with Crippen LogP contribution >= 0.6 is 0 Å². The molecule has 4 aliphatic heterocycles. The van der Waals surface area contributed by atoms with Crippen molar-refractivity contribution >= 4 is 27.5 Å². The Labute approximate surface area is 285 Å². The summed E-state index contributed by atoms with van der Waals surface area (Å²) in [7, 11) is 3.48. The molecule has 49 heavy (non-hydrogen) atoms. The van der Waals surface area contributed by atoms with Crippen LogP contribution in [0, 0.1) is 11.6 Å². The molecule has 0 saturated carbocycles. The summed E-state index contributed by atoms with van der Waals surface area (Å²) < 4.78 is 51.2. The Morgan fingerprint density at radius 2 is 1.76 bits per heavy atom. The van der Waals surface area contributed by atoms with E-state index in [0.717, 1.165) is 44.1 Å². The summed E-state index contributed by atoms with van der Waals surface area (Å²) in [5, 5.41) is 16.0. The van der Waals surface area contributed by atoms with Gasteiger partial charge in [0.25, 0.3) is 0 Å². The van der Waals surface area contributed by atoms with E-state index in [4.69, 9.17) is 19.2 Å². The fraction of sp³-hybridized carbons (Fsp3) is 0.526. The highest BCUT2D eigenvalue weighted by atomic mass is 19.1. The van der Waals surface area contributed by atoms with Crippen LogP contribution in [0.15, 0.2) is 36.4 Å². The first-order valence-corrected chi connectivity index (χ1v) is 17.7. The van der Waals surface area contributed by atoms with Crippen LogP contribution in [0.1, 0.15) is 51.0 Å². The monoisotopic (exact) mass is 673 g/mol. The second kappa shape index (κ2) is 13.2. The Bertz CT molecular complexity index is 1850. The van der Waals surface area contributed by atoms with Gasteiger partial charge in [0, 0.05) is 63.4 Å². The number of hydrogen-bond donors (Lipinski definition) is 2. The summed E-state index contributed by atoms with van der Waals surface area (Å²) in [6, 6.07) is 11.6. The molecule has 9 nitrogen and oxygen atoms in total. The number of piperidine rings is 1. The molecule has 5 unspecified atom stereocenters. The summed E-state index contributed by atoms with van der Waals surface area (Å²) in [5.74, 6) is -1.14. The van der Waals surface area contributed by atoms with Gasteiger partial charge in [-0.05, 0) is 85.0 Å². The number of hydrogen-bond acceptors (Lipinski definition) is 9.